The fraction of sp³-hybridized carbons (Fsp3) is 0.167. The number of pyridine rings is 1. The first kappa shape index (κ1) is 13.5. The first-order valence-electron chi connectivity index (χ1n) is 5.27. The molecule has 0 aliphatic heterocycles. The smallest absolute Gasteiger partial charge is 0.254 e. The molecule has 2 rings (SSSR count). The van der Waals surface area contributed by atoms with Gasteiger partial charge in [0.15, 0.2) is 0 Å². The van der Waals surface area contributed by atoms with Crippen LogP contribution in [-0.4, -0.2) is 17.4 Å². The topological polar surface area (TPSA) is 42.0 Å². The largest absolute Gasteiger partial charge is 0.352 e. The van der Waals surface area contributed by atoms with Crippen LogP contribution in [-0.2, 0) is 6.42 Å². The Labute approximate surface area is 122 Å². The summed E-state index contributed by atoms with van der Waals surface area (Å²) in [5.41, 5.74) is 1.61. The molecule has 1 N–H and O–H groups in total. The molecule has 2 aromatic rings. The predicted molar refractivity (Wildman–Crippen MR) is 77.3 cm³/mol. The van der Waals surface area contributed by atoms with Crippen LogP contribution >= 0.6 is 38.9 Å². The van der Waals surface area contributed by atoms with Crippen LogP contribution in [0.15, 0.2) is 33.6 Å². The maximum Gasteiger partial charge on any atom is 0.254 e. The number of nitrogens with zero attached hydrogens (tertiary/aromatic N) is 1. The van der Waals surface area contributed by atoms with Crippen molar-refractivity contribution in [1.82, 2.24) is 10.3 Å². The summed E-state index contributed by atoms with van der Waals surface area (Å²) < 4.78 is 0.731. The van der Waals surface area contributed by atoms with Gasteiger partial charge in [0, 0.05) is 17.2 Å². The third-order valence-corrected chi connectivity index (χ3v) is 3.80. The van der Waals surface area contributed by atoms with Crippen LogP contribution in [0.3, 0.4) is 0 Å². The minimum Gasteiger partial charge on any atom is -0.352 e. The Morgan fingerprint density at radius 2 is 2.39 bits per heavy atom. The van der Waals surface area contributed by atoms with Gasteiger partial charge in [0.05, 0.1) is 5.56 Å². The van der Waals surface area contributed by atoms with Crippen LogP contribution in [0.1, 0.15) is 15.9 Å². The van der Waals surface area contributed by atoms with Crippen LogP contribution in [0, 0.1) is 0 Å². The first-order valence-corrected chi connectivity index (χ1v) is 7.38. The molecule has 0 aliphatic rings. The molecule has 0 aliphatic carbocycles. The Morgan fingerprint density at radius 1 is 1.56 bits per heavy atom. The van der Waals surface area contributed by atoms with Crippen molar-refractivity contribution in [2.45, 2.75) is 6.42 Å². The standard InChI is InChI=1S/C12H10BrClN2OS/c13-9-5-10(11(14)16-6-9)12(17)15-3-1-8-2-4-18-7-8/h2,4-7H,1,3H2,(H,15,17). The molecule has 0 spiro atoms. The zero-order chi connectivity index (χ0) is 13.0. The first-order chi connectivity index (χ1) is 8.66. The Bertz CT molecular complexity index is 545. The third kappa shape index (κ3) is 3.54. The van der Waals surface area contributed by atoms with Gasteiger partial charge < -0.3 is 5.32 Å². The van der Waals surface area contributed by atoms with Crippen LogP contribution in [0.4, 0.5) is 0 Å². The maximum atomic E-state index is 11.9. The molecular weight excluding hydrogens is 336 g/mol. The number of rotatable bonds is 4. The molecule has 2 heterocycles. The van der Waals surface area contributed by atoms with Crippen molar-refractivity contribution < 1.29 is 4.79 Å². The van der Waals surface area contributed by atoms with E-state index in [1.807, 2.05) is 11.4 Å². The molecule has 6 heteroatoms. The van der Waals surface area contributed by atoms with E-state index in [0.29, 0.717) is 12.1 Å². The number of hydrogen-bond acceptors (Lipinski definition) is 3. The van der Waals surface area contributed by atoms with E-state index in [4.69, 9.17) is 11.6 Å². The van der Waals surface area contributed by atoms with E-state index in [2.05, 4.69) is 31.6 Å². The van der Waals surface area contributed by atoms with Crippen molar-refractivity contribution in [3.8, 4) is 0 Å². The van der Waals surface area contributed by atoms with E-state index in [1.165, 1.54) is 5.56 Å². The van der Waals surface area contributed by atoms with Gasteiger partial charge in [-0.3, -0.25) is 4.79 Å². The molecule has 0 atom stereocenters. The number of amides is 1. The number of aromatic nitrogens is 1. The summed E-state index contributed by atoms with van der Waals surface area (Å²) in [4.78, 5) is 15.8. The molecule has 3 nitrogen and oxygen atoms in total. The summed E-state index contributed by atoms with van der Waals surface area (Å²) >= 11 is 10.8. The summed E-state index contributed by atoms with van der Waals surface area (Å²) in [7, 11) is 0. The van der Waals surface area contributed by atoms with Crippen LogP contribution in [0.2, 0.25) is 5.15 Å². The Kier molecular flexibility index (Phi) is 4.74. The second-order valence-corrected chi connectivity index (χ2v) is 5.68. The fourth-order valence-corrected chi connectivity index (χ4v) is 2.66. The number of halogens is 2. The molecule has 0 fully saturated rings. The highest BCUT2D eigenvalue weighted by molar-refractivity contribution is 9.10. The SMILES string of the molecule is O=C(NCCc1ccsc1)c1cc(Br)cnc1Cl. The molecule has 0 saturated heterocycles. The lowest BCUT2D eigenvalue weighted by Crippen LogP contribution is -2.26. The van der Waals surface area contributed by atoms with E-state index in [1.54, 1.807) is 23.6 Å². The van der Waals surface area contributed by atoms with Gasteiger partial charge in [0.25, 0.3) is 5.91 Å². The zero-order valence-corrected chi connectivity index (χ0v) is 12.5. The van der Waals surface area contributed by atoms with Gasteiger partial charge in [0.2, 0.25) is 0 Å². The van der Waals surface area contributed by atoms with Crippen molar-refractivity contribution in [3.63, 3.8) is 0 Å². The van der Waals surface area contributed by atoms with Gasteiger partial charge in [-0.15, -0.1) is 0 Å². The molecule has 0 aromatic carbocycles. The molecule has 0 saturated carbocycles. The normalized spacial score (nSPS) is 10.3. The number of thiophene rings is 1. The van der Waals surface area contributed by atoms with Crippen molar-refractivity contribution in [1.29, 1.82) is 0 Å². The highest BCUT2D eigenvalue weighted by Crippen LogP contribution is 2.17. The quantitative estimate of drug-likeness (QED) is 0.861. The minimum absolute atomic E-state index is 0.205. The maximum absolute atomic E-state index is 11.9. The van der Waals surface area contributed by atoms with Crippen molar-refractivity contribution in [2.75, 3.05) is 6.54 Å². The van der Waals surface area contributed by atoms with Crippen molar-refractivity contribution in [3.05, 3.63) is 49.8 Å². The Hall–Kier alpha value is -0.910. The highest BCUT2D eigenvalue weighted by Gasteiger charge is 2.11. The van der Waals surface area contributed by atoms with Gasteiger partial charge >= 0.3 is 0 Å². The monoisotopic (exact) mass is 344 g/mol. The third-order valence-electron chi connectivity index (χ3n) is 2.33. The van der Waals surface area contributed by atoms with Gasteiger partial charge in [-0.2, -0.15) is 11.3 Å². The summed E-state index contributed by atoms with van der Waals surface area (Å²) in [6, 6.07) is 3.71. The van der Waals surface area contributed by atoms with Crippen molar-refractivity contribution >= 4 is 44.8 Å². The number of nitrogens with one attached hydrogen (secondary N) is 1. The predicted octanol–water partition coefficient (Wildman–Crippen LogP) is 3.53. The number of carbonyl (C=O) groups excluding carboxylic acids is 1. The molecule has 0 unspecified atom stereocenters. The van der Waals surface area contributed by atoms with E-state index < -0.39 is 0 Å². The van der Waals surface area contributed by atoms with E-state index in [-0.39, 0.29) is 11.1 Å². The summed E-state index contributed by atoms with van der Waals surface area (Å²) in [5.74, 6) is -0.205. The molecule has 2 aromatic heterocycles. The van der Waals surface area contributed by atoms with Crippen molar-refractivity contribution in [2.24, 2.45) is 0 Å². The second-order valence-electron chi connectivity index (χ2n) is 3.63. The average Bonchev–Trinajstić information content (AvgIpc) is 2.85. The van der Waals surface area contributed by atoms with Crippen LogP contribution < -0.4 is 5.32 Å². The molecule has 1 amide bonds. The molecule has 94 valence electrons. The summed E-state index contributed by atoms with van der Waals surface area (Å²) in [6.45, 7) is 0.582. The number of hydrogen-bond donors (Lipinski definition) is 1. The summed E-state index contributed by atoms with van der Waals surface area (Å²) in [6.07, 6.45) is 2.37. The molecule has 0 bridgehead atoms. The van der Waals surface area contributed by atoms with E-state index >= 15 is 0 Å². The van der Waals surface area contributed by atoms with Crippen LogP contribution in [0.25, 0.3) is 0 Å². The Morgan fingerprint density at radius 3 is 3.11 bits per heavy atom. The Balaban J connectivity index is 1.93. The summed E-state index contributed by atoms with van der Waals surface area (Å²) in [5, 5.41) is 7.13. The lowest BCUT2D eigenvalue weighted by Gasteiger charge is -2.06. The minimum atomic E-state index is -0.205. The van der Waals surface area contributed by atoms with E-state index in [0.717, 1.165) is 10.9 Å². The van der Waals surface area contributed by atoms with E-state index in [9.17, 15) is 4.79 Å². The van der Waals surface area contributed by atoms with Crippen LogP contribution in [0.5, 0.6) is 0 Å². The molecule has 0 radical (unpaired) electrons. The fourth-order valence-electron chi connectivity index (χ4n) is 1.43. The molecule has 18 heavy (non-hydrogen) atoms. The van der Waals surface area contributed by atoms with Gasteiger partial charge in [-0.25, -0.2) is 4.98 Å². The highest BCUT2D eigenvalue weighted by atomic mass is 79.9. The average molecular weight is 346 g/mol. The zero-order valence-electron chi connectivity index (χ0n) is 9.32. The van der Waals surface area contributed by atoms with Gasteiger partial charge in [-0.1, -0.05) is 11.6 Å². The lowest BCUT2D eigenvalue weighted by atomic mass is 10.2. The lowest BCUT2D eigenvalue weighted by molar-refractivity contribution is 0.0954. The van der Waals surface area contributed by atoms with Gasteiger partial charge in [0.1, 0.15) is 5.15 Å². The molecular formula is C12H10BrClN2OS. The second kappa shape index (κ2) is 6.31. The van der Waals surface area contributed by atoms with Gasteiger partial charge in [-0.05, 0) is 50.8 Å². The number of carbonyl (C=O) groups is 1.